The normalized spacial score (nSPS) is 49.2. The summed E-state index contributed by atoms with van der Waals surface area (Å²) in [5, 5.41) is 30.1. The van der Waals surface area contributed by atoms with Crippen molar-refractivity contribution in [3.05, 3.63) is 0 Å². The fourth-order valence-corrected chi connectivity index (χ4v) is 1.07. The maximum absolute atomic E-state index is 9.14. The van der Waals surface area contributed by atoms with Crippen LogP contribution in [0.25, 0.3) is 0 Å². The van der Waals surface area contributed by atoms with Gasteiger partial charge in [0.25, 0.3) is 0 Å². The van der Waals surface area contributed by atoms with E-state index < -0.39 is 18.3 Å². The molecular weight excluding hydrogens is 134 g/mol. The van der Waals surface area contributed by atoms with Crippen LogP contribution in [0.5, 0.6) is 0 Å². The Bertz CT molecular complexity index is 106. The van der Waals surface area contributed by atoms with E-state index in [1.807, 2.05) is 0 Å². The first-order chi connectivity index (χ1) is 4.63. The van der Waals surface area contributed by atoms with E-state index >= 15 is 0 Å². The second-order valence-electron chi connectivity index (χ2n) is 2.75. The van der Waals surface area contributed by atoms with E-state index in [1.54, 1.807) is 6.92 Å². The summed E-state index contributed by atoms with van der Waals surface area (Å²) >= 11 is 0. The van der Waals surface area contributed by atoms with Crippen LogP contribution in [0.3, 0.4) is 0 Å². The predicted molar refractivity (Wildman–Crippen MR) is 35.5 cm³/mol. The van der Waals surface area contributed by atoms with Crippen molar-refractivity contribution in [3.8, 4) is 0 Å². The molecule has 1 unspecified atom stereocenters. The first-order valence-corrected chi connectivity index (χ1v) is 3.40. The molecule has 0 aromatic carbocycles. The Hall–Kier alpha value is -0.160. The lowest BCUT2D eigenvalue weighted by Crippen LogP contribution is -2.58. The molecule has 0 spiro atoms. The summed E-state index contributed by atoms with van der Waals surface area (Å²) in [5.74, 6) is 0. The number of hydrogen-bond acceptors (Lipinski definition) is 4. The van der Waals surface area contributed by atoms with Crippen LogP contribution in [0.1, 0.15) is 6.92 Å². The molecule has 4 nitrogen and oxygen atoms in total. The molecule has 0 bridgehead atoms. The van der Waals surface area contributed by atoms with Gasteiger partial charge in [-0.3, -0.25) is 0 Å². The molecule has 60 valence electrons. The van der Waals surface area contributed by atoms with Crippen molar-refractivity contribution in [2.24, 2.45) is 0 Å². The molecule has 0 aromatic rings. The van der Waals surface area contributed by atoms with Gasteiger partial charge >= 0.3 is 0 Å². The fourth-order valence-electron chi connectivity index (χ4n) is 1.07. The summed E-state index contributed by atoms with van der Waals surface area (Å²) in [6.45, 7) is 2.11. The smallest absolute Gasteiger partial charge is 0.108 e. The minimum absolute atomic E-state index is 0.140. The molecule has 4 heteroatoms. The number of aliphatic hydroxyl groups is 3. The van der Waals surface area contributed by atoms with E-state index in [0.29, 0.717) is 6.54 Å². The number of rotatable bonds is 0. The average molecular weight is 147 g/mol. The van der Waals surface area contributed by atoms with Crippen LogP contribution >= 0.6 is 0 Å². The van der Waals surface area contributed by atoms with Crippen LogP contribution in [-0.2, 0) is 0 Å². The minimum atomic E-state index is -1.00. The summed E-state index contributed by atoms with van der Waals surface area (Å²) in [4.78, 5) is 0. The van der Waals surface area contributed by atoms with E-state index in [2.05, 4.69) is 5.32 Å². The lowest BCUT2D eigenvalue weighted by Gasteiger charge is -2.33. The predicted octanol–water partition coefficient (Wildman–Crippen LogP) is -1.94. The largest absolute Gasteiger partial charge is 0.389 e. The Morgan fingerprint density at radius 2 is 1.80 bits per heavy atom. The zero-order chi connectivity index (χ0) is 7.72. The molecule has 4 atom stereocenters. The van der Waals surface area contributed by atoms with Crippen molar-refractivity contribution in [1.82, 2.24) is 5.32 Å². The summed E-state index contributed by atoms with van der Waals surface area (Å²) in [5.41, 5.74) is 0. The van der Waals surface area contributed by atoms with Crippen LogP contribution in [-0.4, -0.2) is 46.2 Å². The van der Waals surface area contributed by atoms with Gasteiger partial charge in [-0.2, -0.15) is 0 Å². The molecule has 0 aliphatic carbocycles. The zero-order valence-electron chi connectivity index (χ0n) is 5.86. The third-order valence-corrected chi connectivity index (χ3v) is 1.91. The number of piperidine rings is 1. The Morgan fingerprint density at radius 3 is 2.30 bits per heavy atom. The Balaban J connectivity index is 2.52. The second-order valence-corrected chi connectivity index (χ2v) is 2.75. The summed E-state index contributed by atoms with van der Waals surface area (Å²) in [7, 11) is 0. The molecule has 10 heavy (non-hydrogen) atoms. The minimum Gasteiger partial charge on any atom is -0.389 e. The van der Waals surface area contributed by atoms with Gasteiger partial charge in [-0.05, 0) is 6.92 Å². The van der Waals surface area contributed by atoms with Gasteiger partial charge in [-0.25, -0.2) is 0 Å². The molecule has 0 radical (unpaired) electrons. The van der Waals surface area contributed by atoms with Gasteiger partial charge in [0, 0.05) is 12.6 Å². The van der Waals surface area contributed by atoms with Crippen LogP contribution in [0.2, 0.25) is 0 Å². The average Bonchev–Trinajstić information content (AvgIpc) is 1.93. The molecule has 0 saturated carbocycles. The van der Waals surface area contributed by atoms with Crippen LogP contribution < -0.4 is 5.32 Å². The van der Waals surface area contributed by atoms with Gasteiger partial charge in [-0.15, -0.1) is 0 Å². The standard InChI is InChI=1S/C6H13NO3/c1-3-5(9)6(10)4(8)2-7-3/h3-10H,2H2,1H3/t3-,4?,5+,6-/m1/s1. The highest BCUT2D eigenvalue weighted by Gasteiger charge is 2.33. The second kappa shape index (κ2) is 2.84. The van der Waals surface area contributed by atoms with Crippen molar-refractivity contribution >= 4 is 0 Å². The van der Waals surface area contributed by atoms with E-state index in [0.717, 1.165) is 0 Å². The maximum Gasteiger partial charge on any atom is 0.108 e. The van der Waals surface area contributed by atoms with E-state index in [-0.39, 0.29) is 6.04 Å². The fraction of sp³-hybridized carbons (Fsp3) is 1.00. The highest BCUT2D eigenvalue weighted by atomic mass is 16.4. The van der Waals surface area contributed by atoms with Crippen molar-refractivity contribution in [3.63, 3.8) is 0 Å². The van der Waals surface area contributed by atoms with Gasteiger partial charge < -0.3 is 20.6 Å². The Morgan fingerprint density at radius 1 is 1.20 bits per heavy atom. The van der Waals surface area contributed by atoms with Crippen LogP contribution in [0.4, 0.5) is 0 Å². The number of hydrogen-bond donors (Lipinski definition) is 4. The van der Waals surface area contributed by atoms with E-state index in [9.17, 15) is 0 Å². The number of nitrogens with one attached hydrogen (secondary N) is 1. The monoisotopic (exact) mass is 147 g/mol. The quantitative estimate of drug-likeness (QED) is 0.322. The lowest BCUT2D eigenvalue weighted by molar-refractivity contribution is -0.0910. The molecule has 1 aliphatic rings. The van der Waals surface area contributed by atoms with Crippen molar-refractivity contribution in [2.45, 2.75) is 31.3 Å². The molecule has 1 heterocycles. The summed E-state index contributed by atoms with van der Waals surface area (Å²) < 4.78 is 0. The first kappa shape index (κ1) is 7.94. The highest BCUT2D eigenvalue weighted by molar-refractivity contribution is 4.89. The van der Waals surface area contributed by atoms with Crippen molar-refractivity contribution in [1.29, 1.82) is 0 Å². The van der Waals surface area contributed by atoms with Gasteiger partial charge in [0.1, 0.15) is 6.10 Å². The van der Waals surface area contributed by atoms with Gasteiger partial charge in [0.15, 0.2) is 0 Å². The molecule has 1 saturated heterocycles. The zero-order valence-corrected chi connectivity index (χ0v) is 5.86. The molecule has 1 rings (SSSR count). The van der Waals surface area contributed by atoms with E-state index in [1.165, 1.54) is 0 Å². The van der Waals surface area contributed by atoms with Crippen LogP contribution in [0, 0.1) is 0 Å². The number of aliphatic hydroxyl groups excluding tert-OH is 3. The maximum atomic E-state index is 9.14. The lowest BCUT2D eigenvalue weighted by atomic mass is 9.98. The SMILES string of the molecule is C[C@H]1NCC(O)[C@@H](O)[C@H]1O. The molecular formula is C6H13NO3. The van der Waals surface area contributed by atoms with Gasteiger partial charge in [0.05, 0.1) is 12.2 Å². The third-order valence-electron chi connectivity index (χ3n) is 1.91. The molecule has 1 fully saturated rings. The Kier molecular flexibility index (Phi) is 2.25. The van der Waals surface area contributed by atoms with Crippen LogP contribution in [0.15, 0.2) is 0 Å². The topological polar surface area (TPSA) is 72.7 Å². The Labute approximate surface area is 59.5 Å². The molecule has 0 amide bonds. The van der Waals surface area contributed by atoms with Crippen molar-refractivity contribution < 1.29 is 15.3 Å². The third kappa shape index (κ3) is 1.29. The number of β-amino-alcohol motifs (C(OH)–C–C–N with tert-alkyl or cyclic N) is 1. The highest BCUT2D eigenvalue weighted by Crippen LogP contribution is 2.09. The summed E-state index contributed by atoms with van der Waals surface area (Å²) in [6.07, 6.45) is -2.70. The first-order valence-electron chi connectivity index (χ1n) is 3.40. The summed E-state index contributed by atoms with van der Waals surface area (Å²) in [6, 6.07) is -0.140. The molecule has 4 N–H and O–H groups in total. The van der Waals surface area contributed by atoms with E-state index in [4.69, 9.17) is 15.3 Å². The molecule has 1 aliphatic heterocycles. The van der Waals surface area contributed by atoms with Crippen molar-refractivity contribution in [2.75, 3.05) is 6.54 Å². The van der Waals surface area contributed by atoms with Gasteiger partial charge in [-0.1, -0.05) is 0 Å². The van der Waals surface area contributed by atoms with Gasteiger partial charge in [0.2, 0.25) is 0 Å². The molecule has 0 aromatic heterocycles.